The normalized spacial score (nSPS) is 14.4. The van der Waals surface area contributed by atoms with Crippen molar-refractivity contribution in [3.05, 3.63) is 71.7 Å². The van der Waals surface area contributed by atoms with Gasteiger partial charge in [0.05, 0.1) is 24.6 Å². The number of nitrogens with zero attached hydrogens (tertiary/aromatic N) is 3. The molecule has 1 fully saturated rings. The summed E-state index contributed by atoms with van der Waals surface area (Å²) in [4.78, 5) is 14.9. The molecular formula is C21H20FN3O2. The van der Waals surface area contributed by atoms with Crippen LogP contribution in [0.2, 0.25) is 0 Å². The summed E-state index contributed by atoms with van der Waals surface area (Å²) in [6.45, 7) is 4.10. The van der Waals surface area contributed by atoms with E-state index >= 15 is 0 Å². The Morgan fingerprint density at radius 3 is 2.48 bits per heavy atom. The fourth-order valence-corrected chi connectivity index (χ4v) is 3.15. The molecule has 27 heavy (non-hydrogen) atoms. The fourth-order valence-electron chi connectivity index (χ4n) is 3.15. The van der Waals surface area contributed by atoms with Crippen molar-refractivity contribution in [2.75, 3.05) is 26.3 Å². The number of aromatic nitrogens is 2. The van der Waals surface area contributed by atoms with Crippen LogP contribution in [-0.2, 0) is 4.74 Å². The monoisotopic (exact) mass is 365 g/mol. The molecule has 1 aliphatic heterocycles. The van der Waals surface area contributed by atoms with Gasteiger partial charge in [-0.25, -0.2) is 9.07 Å². The Hall–Kier alpha value is -2.99. The van der Waals surface area contributed by atoms with Crippen molar-refractivity contribution in [3.63, 3.8) is 0 Å². The molecule has 0 atom stereocenters. The van der Waals surface area contributed by atoms with Crippen LogP contribution >= 0.6 is 0 Å². The highest BCUT2D eigenvalue weighted by Gasteiger charge is 2.24. The summed E-state index contributed by atoms with van der Waals surface area (Å²) in [6.07, 6.45) is 0. The number of hydrogen-bond donors (Lipinski definition) is 0. The van der Waals surface area contributed by atoms with Crippen LogP contribution in [-0.4, -0.2) is 46.9 Å². The molecule has 3 aromatic rings. The van der Waals surface area contributed by atoms with Crippen LogP contribution in [0.3, 0.4) is 0 Å². The highest BCUT2D eigenvalue weighted by Crippen LogP contribution is 2.25. The van der Waals surface area contributed by atoms with Gasteiger partial charge in [0.25, 0.3) is 5.91 Å². The standard InChI is InChI=1S/C21H20FN3O2/c1-15-6-8-16(9-7-15)25-20(21(26)24-10-12-27-13-11-24)14-19(23-25)17-4-2-3-5-18(17)22/h2-9,14H,10-13H2,1H3. The zero-order valence-corrected chi connectivity index (χ0v) is 15.1. The lowest BCUT2D eigenvalue weighted by molar-refractivity contribution is 0.0297. The SMILES string of the molecule is Cc1ccc(-n2nc(-c3ccccc3F)cc2C(=O)N2CCOCC2)cc1. The number of benzene rings is 2. The van der Waals surface area contributed by atoms with Gasteiger partial charge < -0.3 is 9.64 Å². The lowest BCUT2D eigenvalue weighted by Crippen LogP contribution is -2.41. The first-order valence-corrected chi connectivity index (χ1v) is 8.92. The number of morpholine rings is 1. The van der Waals surface area contributed by atoms with E-state index in [-0.39, 0.29) is 11.7 Å². The first-order valence-electron chi connectivity index (χ1n) is 8.92. The molecule has 0 radical (unpaired) electrons. The van der Waals surface area contributed by atoms with Gasteiger partial charge in [0.1, 0.15) is 11.5 Å². The Bertz CT molecular complexity index is 960. The Morgan fingerprint density at radius 1 is 1.07 bits per heavy atom. The van der Waals surface area contributed by atoms with Crippen molar-refractivity contribution >= 4 is 5.91 Å². The second-order valence-electron chi connectivity index (χ2n) is 6.55. The van der Waals surface area contributed by atoms with Gasteiger partial charge in [-0.3, -0.25) is 4.79 Å². The second-order valence-corrected chi connectivity index (χ2v) is 6.55. The molecule has 1 amide bonds. The molecular weight excluding hydrogens is 345 g/mol. The van der Waals surface area contributed by atoms with Gasteiger partial charge in [0.15, 0.2) is 0 Å². The number of ether oxygens (including phenoxy) is 1. The maximum Gasteiger partial charge on any atom is 0.272 e. The van der Waals surface area contributed by atoms with E-state index in [4.69, 9.17) is 4.74 Å². The third-order valence-corrected chi connectivity index (χ3v) is 4.66. The van der Waals surface area contributed by atoms with E-state index in [0.717, 1.165) is 11.3 Å². The third-order valence-electron chi connectivity index (χ3n) is 4.66. The number of carbonyl (C=O) groups is 1. The van der Waals surface area contributed by atoms with E-state index in [1.165, 1.54) is 6.07 Å². The first kappa shape index (κ1) is 17.4. The Labute approximate surface area is 157 Å². The predicted octanol–water partition coefficient (Wildman–Crippen LogP) is 3.46. The Morgan fingerprint density at radius 2 is 1.78 bits per heavy atom. The Balaban J connectivity index is 1.81. The number of rotatable bonds is 3. The Kier molecular flexibility index (Phi) is 4.73. The maximum absolute atomic E-state index is 14.3. The molecule has 1 aliphatic rings. The van der Waals surface area contributed by atoms with Gasteiger partial charge in [0.2, 0.25) is 0 Å². The highest BCUT2D eigenvalue weighted by atomic mass is 19.1. The zero-order chi connectivity index (χ0) is 18.8. The largest absolute Gasteiger partial charge is 0.378 e. The number of aryl methyl sites for hydroxylation is 1. The molecule has 138 valence electrons. The molecule has 0 saturated carbocycles. The fraction of sp³-hybridized carbons (Fsp3) is 0.238. The first-order chi connectivity index (χ1) is 13.1. The van der Waals surface area contributed by atoms with Crippen molar-refractivity contribution in [1.82, 2.24) is 14.7 Å². The molecule has 2 aromatic carbocycles. The summed E-state index contributed by atoms with van der Waals surface area (Å²) in [5.41, 5.74) is 3.10. The molecule has 6 heteroatoms. The lowest BCUT2D eigenvalue weighted by Gasteiger charge is -2.26. The third kappa shape index (κ3) is 3.48. The average molecular weight is 365 g/mol. The van der Waals surface area contributed by atoms with E-state index in [2.05, 4.69) is 5.10 Å². The summed E-state index contributed by atoms with van der Waals surface area (Å²) >= 11 is 0. The van der Waals surface area contributed by atoms with Crippen LogP contribution in [0.4, 0.5) is 4.39 Å². The summed E-state index contributed by atoms with van der Waals surface area (Å²) in [6, 6.07) is 15.8. The molecule has 5 nitrogen and oxygen atoms in total. The van der Waals surface area contributed by atoms with E-state index in [0.29, 0.717) is 43.3 Å². The minimum atomic E-state index is -0.364. The van der Waals surface area contributed by atoms with Gasteiger partial charge in [-0.05, 0) is 37.3 Å². The van der Waals surface area contributed by atoms with Crippen molar-refractivity contribution in [2.24, 2.45) is 0 Å². The number of carbonyl (C=O) groups excluding carboxylic acids is 1. The van der Waals surface area contributed by atoms with Gasteiger partial charge in [-0.15, -0.1) is 0 Å². The van der Waals surface area contributed by atoms with Crippen LogP contribution in [0, 0.1) is 12.7 Å². The number of amides is 1. The number of hydrogen-bond acceptors (Lipinski definition) is 3. The quantitative estimate of drug-likeness (QED) is 0.714. The second kappa shape index (κ2) is 7.32. The predicted molar refractivity (Wildman–Crippen MR) is 100 cm³/mol. The highest BCUT2D eigenvalue weighted by molar-refractivity contribution is 5.94. The van der Waals surface area contributed by atoms with Crippen molar-refractivity contribution in [1.29, 1.82) is 0 Å². The molecule has 0 unspecified atom stereocenters. The maximum atomic E-state index is 14.3. The summed E-state index contributed by atoms with van der Waals surface area (Å²) in [5, 5.41) is 4.56. The summed E-state index contributed by atoms with van der Waals surface area (Å²) in [7, 11) is 0. The smallest absolute Gasteiger partial charge is 0.272 e. The van der Waals surface area contributed by atoms with Crippen LogP contribution in [0.5, 0.6) is 0 Å². The summed E-state index contributed by atoms with van der Waals surface area (Å²) < 4.78 is 21.2. The lowest BCUT2D eigenvalue weighted by atomic mass is 10.1. The molecule has 2 heterocycles. The molecule has 0 N–H and O–H groups in total. The minimum Gasteiger partial charge on any atom is -0.378 e. The van der Waals surface area contributed by atoms with Gasteiger partial charge in [0, 0.05) is 18.7 Å². The summed E-state index contributed by atoms with van der Waals surface area (Å²) in [5.74, 6) is -0.495. The molecule has 0 bridgehead atoms. The van der Waals surface area contributed by atoms with Crippen LogP contribution in [0.25, 0.3) is 16.9 Å². The van der Waals surface area contributed by atoms with Gasteiger partial charge in [-0.1, -0.05) is 29.8 Å². The van der Waals surface area contributed by atoms with Crippen LogP contribution in [0.15, 0.2) is 54.6 Å². The van der Waals surface area contributed by atoms with E-state index in [1.54, 1.807) is 33.8 Å². The van der Waals surface area contributed by atoms with Crippen molar-refractivity contribution in [3.8, 4) is 16.9 Å². The van der Waals surface area contributed by atoms with E-state index in [9.17, 15) is 9.18 Å². The van der Waals surface area contributed by atoms with Crippen molar-refractivity contribution in [2.45, 2.75) is 6.92 Å². The zero-order valence-electron chi connectivity index (χ0n) is 15.1. The van der Waals surface area contributed by atoms with Gasteiger partial charge >= 0.3 is 0 Å². The minimum absolute atomic E-state index is 0.131. The molecule has 1 aromatic heterocycles. The molecule has 4 rings (SSSR count). The molecule has 0 aliphatic carbocycles. The van der Waals surface area contributed by atoms with Crippen molar-refractivity contribution < 1.29 is 13.9 Å². The van der Waals surface area contributed by atoms with Crippen LogP contribution < -0.4 is 0 Å². The average Bonchev–Trinajstić information content (AvgIpc) is 3.14. The molecule has 1 saturated heterocycles. The molecule has 0 spiro atoms. The van der Waals surface area contributed by atoms with Crippen LogP contribution in [0.1, 0.15) is 16.1 Å². The van der Waals surface area contributed by atoms with E-state index < -0.39 is 0 Å². The number of halogens is 1. The van der Waals surface area contributed by atoms with Gasteiger partial charge in [-0.2, -0.15) is 5.10 Å². The van der Waals surface area contributed by atoms with E-state index in [1.807, 2.05) is 31.2 Å². The topological polar surface area (TPSA) is 47.4 Å².